The van der Waals surface area contributed by atoms with Crippen molar-refractivity contribution in [3.63, 3.8) is 0 Å². The number of hydrogen-bond donors (Lipinski definition) is 0. The number of rotatable bonds is 7. The number of thiazole rings is 1. The molecule has 2 heterocycles. The molecule has 148 valence electrons. The van der Waals surface area contributed by atoms with Crippen molar-refractivity contribution in [3.05, 3.63) is 72.2 Å². The van der Waals surface area contributed by atoms with Crippen molar-refractivity contribution in [2.45, 2.75) is 13.5 Å². The van der Waals surface area contributed by atoms with Crippen molar-refractivity contribution in [1.82, 2.24) is 4.98 Å². The molecule has 0 spiro atoms. The Morgan fingerprint density at radius 1 is 1.17 bits per heavy atom. The van der Waals surface area contributed by atoms with Crippen molar-refractivity contribution in [2.24, 2.45) is 0 Å². The molecule has 6 nitrogen and oxygen atoms in total. The second-order valence-corrected chi connectivity index (χ2v) is 7.24. The summed E-state index contributed by atoms with van der Waals surface area (Å²) in [6.45, 7) is 2.75. The Morgan fingerprint density at radius 3 is 2.79 bits per heavy atom. The van der Waals surface area contributed by atoms with E-state index in [1.807, 2.05) is 31.2 Å². The Hall–Kier alpha value is -3.32. The number of methoxy groups -OCH3 is 1. The molecule has 1 amide bonds. The van der Waals surface area contributed by atoms with Crippen LogP contribution in [0.25, 0.3) is 10.2 Å². The fourth-order valence-electron chi connectivity index (χ4n) is 3.00. The zero-order valence-corrected chi connectivity index (χ0v) is 16.9. The minimum atomic E-state index is -0.183. The van der Waals surface area contributed by atoms with Gasteiger partial charge in [0.15, 0.2) is 5.13 Å². The van der Waals surface area contributed by atoms with Gasteiger partial charge in [0, 0.05) is 5.56 Å². The molecule has 29 heavy (non-hydrogen) atoms. The molecule has 0 fully saturated rings. The number of carbonyl (C=O) groups excluding carboxylic acids is 1. The molecule has 2 aromatic heterocycles. The van der Waals surface area contributed by atoms with Crippen LogP contribution < -0.4 is 14.4 Å². The van der Waals surface area contributed by atoms with Crippen LogP contribution >= 0.6 is 11.3 Å². The van der Waals surface area contributed by atoms with E-state index in [-0.39, 0.29) is 12.5 Å². The topological polar surface area (TPSA) is 64.8 Å². The van der Waals surface area contributed by atoms with Crippen molar-refractivity contribution in [1.29, 1.82) is 0 Å². The fourth-order valence-corrected chi connectivity index (χ4v) is 3.98. The van der Waals surface area contributed by atoms with Gasteiger partial charge in [-0.2, -0.15) is 0 Å². The van der Waals surface area contributed by atoms with Crippen molar-refractivity contribution in [2.75, 3.05) is 18.6 Å². The molecule has 0 aliphatic rings. The molecule has 0 saturated heterocycles. The van der Waals surface area contributed by atoms with Gasteiger partial charge in [-0.15, -0.1) is 0 Å². The third kappa shape index (κ3) is 3.95. The summed E-state index contributed by atoms with van der Waals surface area (Å²) in [6.07, 6.45) is 1.59. The standard InChI is InChI=1S/C22H20N2O4S/c1-3-27-18-10-5-11-19-20(18)23-22(29-19)24(14-17-9-6-12-28-17)21(25)15-7-4-8-16(13-15)26-2/h4-13H,3,14H2,1-2H3. The van der Waals surface area contributed by atoms with Crippen molar-refractivity contribution in [3.8, 4) is 11.5 Å². The number of ether oxygens (including phenoxy) is 2. The highest BCUT2D eigenvalue weighted by atomic mass is 32.1. The van der Waals surface area contributed by atoms with Gasteiger partial charge in [-0.1, -0.05) is 23.5 Å². The number of furan rings is 1. The maximum absolute atomic E-state index is 13.4. The van der Waals surface area contributed by atoms with E-state index < -0.39 is 0 Å². The van der Waals surface area contributed by atoms with Gasteiger partial charge >= 0.3 is 0 Å². The number of amides is 1. The van der Waals surface area contributed by atoms with Crippen LogP contribution in [0.5, 0.6) is 11.5 Å². The lowest BCUT2D eigenvalue weighted by molar-refractivity contribution is 0.0983. The molecular weight excluding hydrogens is 388 g/mol. The van der Waals surface area contributed by atoms with E-state index in [2.05, 4.69) is 0 Å². The summed E-state index contributed by atoms with van der Waals surface area (Å²) >= 11 is 1.44. The molecule has 0 aliphatic heterocycles. The number of nitrogens with zero attached hydrogens (tertiary/aromatic N) is 2. The second kappa shape index (κ2) is 8.36. The Balaban J connectivity index is 1.77. The predicted molar refractivity (Wildman–Crippen MR) is 113 cm³/mol. The van der Waals surface area contributed by atoms with Crippen LogP contribution in [0, 0.1) is 0 Å². The quantitative estimate of drug-likeness (QED) is 0.423. The lowest BCUT2D eigenvalue weighted by Crippen LogP contribution is -2.30. The number of para-hydroxylation sites is 1. The Labute approximate surface area is 172 Å². The van der Waals surface area contributed by atoms with E-state index in [1.54, 1.807) is 48.6 Å². The lowest BCUT2D eigenvalue weighted by atomic mass is 10.2. The van der Waals surface area contributed by atoms with Crippen LogP contribution in [0.2, 0.25) is 0 Å². The minimum Gasteiger partial charge on any atom is -0.497 e. The summed E-state index contributed by atoms with van der Waals surface area (Å²) in [6, 6.07) is 16.5. The lowest BCUT2D eigenvalue weighted by Gasteiger charge is -2.19. The third-order valence-electron chi connectivity index (χ3n) is 4.36. The summed E-state index contributed by atoms with van der Waals surface area (Å²) in [5, 5.41) is 0.580. The minimum absolute atomic E-state index is 0.183. The van der Waals surface area contributed by atoms with Gasteiger partial charge in [-0.3, -0.25) is 9.69 Å². The third-order valence-corrected chi connectivity index (χ3v) is 5.40. The van der Waals surface area contributed by atoms with Gasteiger partial charge < -0.3 is 13.9 Å². The smallest absolute Gasteiger partial charge is 0.260 e. The van der Waals surface area contributed by atoms with Crippen LogP contribution in [-0.2, 0) is 6.54 Å². The van der Waals surface area contributed by atoms with E-state index in [0.29, 0.717) is 34.6 Å². The number of carbonyl (C=O) groups is 1. The van der Waals surface area contributed by atoms with Crippen LogP contribution in [0.3, 0.4) is 0 Å². The highest BCUT2D eigenvalue weighted by molar-refractivity contribution is 7.22. The SMILES string of the molecule is CCOc1cccc2sc(N(Cc3ccco3)C(=O)c3cccc(OC)c3)nc12. The summed E-state index contributed by atoms with van der Waals surface area (Å²) < 4.78 is 17.4. The van der Waals surface area contributed by atoms with Crippen LogP contribution in [0.1, 0.15) is 23.0 Å². The van der Waals surface area contributed by atoms with Crippen LogP contribution in [0.15, 0.2) is 65.3 Å². The van der Waals surface area contributed by atoms with Gasteiger partial charge in [0.05, 0.1) is 31.2 Å². The maximum atomic E-state index is 13.4. The first-order chi connectivity index (χ1) is 14.2. The average molecular weight is 408 g/mol. The number of fused-ring (bicyclic) bond motifs is 1. The molecule has 0 N–H and O–H groups in total. The van der Waals surface area contributed by atoms with Crippen molar-refractivity contribution >= 4 is 32.6 Å². The van der Waals surface area contributed by atoms with E-state index in [9.17, 15) is 4.79 Å². The number of hydrogen-bond acceptors (Lipinski definition) is 6. The molecule has 4 aromatic rings. The predicted octanol–water partition coefficient (Wildman–Crippen LogP) is 5.14. The van der Waals surface area contributed by atoms with Gasteiger partial charge in [-0.25, -0.2) is 4.98 Å². The summed E-state index contributed by atoms with van der Waals surface area (Å²) in [7, 11) is 1.58. The monoisotopic (exact) mass is 408 g/mol. The Kier molecular flexibility index (Phi) is 5.48. The number of aromatic nitrogens is 1. The van der Waals surface area contributed by atoms with Gasteiger partial charge in [0.2, 0.25) is 0 Å². The first kappa shape index (κ1) is 19.0. The zero-order valence-electron chi connectivity index (χ0n) is 16.1. The Morgan fingerprint density at radius 2 is 2.03 bits per heavy atom. The summed E-state index contributed by atoms with van der Waals surface area (Å²) in [5.41, 5.74) is 1.26. The first-order valence-electron chi connectivity index (χ1n) is 9.20. The Bertz CT molecular complexity index is 1120. The summed E-state index contributed by atoms with van der Waals surface area (Å²) in [4.78, 5) is 19.7. The van der Waals surface area contributed by atoms with Crippen LogP contribution in [0.4, 0.5) is 5.13 Å². The largest absolute Gasteiger partial charge is 0.497 e. The molecule has 4 rings (SSSR count). The molecule has 0 radical (unpaired) electrons. The maximum Gasteiger partial charge on any atom is 0.260 e. The number of benzene rings is 2. The highest BCUT2D eigenvalue weighted by Crippen LogP contribution is 2.35. The molecule has 0 atom stereocenters. The van der Waals surface area contributed by atoms with Gasteiger partial charge in [-0.05, 0) is 49.4 Å². The van der Waals surface area contributed by atoms with Gasteiger partial charge in [0.1, 0.15) is 22.8 Å². The van der Waals surface area contributed by atoms with Crippen LogP contribution in [-0.4, -0.2) is 24.6 Å². The van der Waals surface area contributed by atoms with E-state index >= 15 is 0 Å². The molecule has 0 bridgehead atoms. The molecule has 0 aliphatic carbocycles. The molecular formula is C22H20N2O4S. The highest BCUT2D eigenvalue weighted by Gasteiger charge is 2.24. The molecule has 7 heteroatoms. The number of anilines is 1. The zero-order chi connectivity index (χ0) is 20.2. The first-order valence-corrected chi connectivity index (χ1v) is 10.0. The molecule has 0 saturated carbocycles. The molecule has 2 aromatic carbocycles. The average Bonchev–Trinajstić information content (AvgIpc) is 3.42. The molecule has 0 unspecified atom stereocenters. The van der Waals surface area contributed by atoms with Gasteiger partial charge in [0.25, 0.3) is 5.91 Å². The van der Waals surface area contributed by atoms with E-state index in [0.717, 1.165) is 10.2 Å². The van der Waals surface area contributed by atoms with E-state index in [4.69, 9.17) is 18.9 Å². The normalized spacial score (nSPS) is 10.8. The van der Waals surface area contributed by atoms with Crippen molar-refractivity contribution < 1.29 is 18.7 Å². The summed E-state index contributed by atoms with van der Waals surface area (Å²) in [5.74, 6) is 1.82. The fraction of sp³-hybridized carbons (Fsp3) is 0.182. The van der Waals surface area contributed by atoms with E-state index in [1.165, 1.54) is 11.3 Å². The second-order valence-electron chi connectivity index (χ2n) is 6.23.